The van der Waals surface area contributed by atoms with Crippen LogP contribution >= 0.6 is 0 Å². The highest BCUT2D eigenvalue weighted by Gasteiger charge is 2.13. The first kappa shape index (κ1) is 14.4. The quantitative estimate of drug-likeness (QED) is 0.625. The number of benzene rings is 2. The van der Waals surface area contributed by atoms with Crippen molar-refractivity contribution in [3.05, 3.63) is 60.8 Å². The fourth-order valence-electron chi connectivity index (χ4n) is 2.82. The molecule has 118 valence electrons. The smallest absolute Gasteiger partial charge is 0.162 e. The molecule has 0 bridgehead atoms. The van der Waals surface area contributed by atoms with Crippen molar-refractivity contribution in [3.63, 3.8) is 0 Å². The molecule has 2 aromatic heterocycles. The van der Waals surface area contributed by atoms with E-state index in [2.05, 4.69) is 17.0 Å². The van der Waals surface area contributed by atoms with Crippen molar-refractivity contribution in [2.75, 3.05) is 5.73 Å². The summed E-state index contributed by atoms with van der Waals surface area (Å²) in [5.74, 6) is 1.11. The van der Waals surface area contributed by atoms with E-state index >= 15 is 0 Å². The molecule has 0 aliphatic carbocycles. The molecule has 2 heterocycles. The molecule has 5 heteroatoms. The van der Waals surface area contributed by atoms with Gasteiger partial charge in [-0.3, -0.25) is 4.68 Å². The van der Waals surface area contributed by atoms with Gasteiger partial charge in [0.05, 0.1) is 16.6 Å². The Hall–Kier alpha value is -3.21. The predicted molar refractivity (Wildman–Crippen MR) is 96.3 cm³/mol. The SMILES string of the molecule is CCn1ccc(-c2cccc3nc(-c4ccccc4)nc(N)c23)n1. The highest BCUT2D eigenvalue weighted by Crippen LogP contribution is 2.31. The Morgan fingerprint density at radius 1 is 0.958 bits per heavy atom. The molecule has 24 heavy (non-hydrogen) atoms. The fraction of sp³-hybridized carbons (Fsp3) is 0.105. The van der Waals surface area contributed by atoms with E-state index < -0.39 is 0 Å². The number of rotatable bonds is 3. The first-order valence-electron chi connectivity index (χ1n) is 7.91. The van der Waals surface area contributed by atoms with Crippen LogP contribution < -0.4 is 5.73 Å². The third-order valence-electron chi connectivity index (χ3n) is 4.02. The van der Waals surface area contributed by atoms with Gasteiger partial charge in [0.2, 0.25) is 0 Å². The van der Waals surface area contributed by atoms with E-state index in [1.54, 1.807) is 0 Å². The van der Waals surface area contributed by atoms with Gasteiger partial charge in [-0.05, 0) is 19.1 Å². The molecule has 0 saturated heterocycles. The van der Waals surface area contributed by atoms with Crippen LogP contribution in [0.4, 0.5) is 5.82 Å². The molecule has 0 unspecified atom stereocenters. The number of aryl methyl sites for hydroxylation is 1. The van der Waals surface area contributed by atoms with E-state index in [1.807, 2.05) is 65.5 Å². The summed E-state index contributed by atoms with van der Waals surface area (Å²) in [6.07, 6.45) is 1.96. The first-order chi connectivity index (χ1) is 11.8. The zero-order valence-electron chi connectivity index (χ0n) is 13.3. The average Bonchev–Trinajstić information content (AvgIpc) is 3.11. The summed E-state index contributed by atoms with van der Waals surface area (Å²) >= 11 is 0. The maximum Gasteiger partial charge on any atom is 0.162 e. The third kappa shape index (κ3) is 2.40. The minimum Gasteiger partial charge on any atom is -0.383 e. The number of nitrogens with two attached hydrogens (primary N) is 1. The van der Waals surface area contributed by atoms with Crippen LogP contribution in [0.3, 0.4) is 0 Å². The molecule has 0 radical (unpaired) electrons. The van der Waals surface area contributed by atoms with Crippen LogP contribution in [0.15, 0.2) is 60.8 Å². The highest BCUT2D eigenvalue weighted by molar-refractivity contribution is 6.01. The molecule has 2 aromatic carbocycles. The molecule has 0 atom stereocenters. The molecule has 0 fully saturated rings. The highest BCUT2D eigenvalue weighted by atomic mass is 15.3. The summed E-state index contributed by atoms with van der Waals surface area (Å²) in [5, 5.41) is 5.42. The van der Waals surface area contributed by atoms with Crippen molar-refractivity contribution in [2.45, 2.75) is 13.5 Å². The lowest BCUT2D eigenvalue weighted by Gasteiger charge is -2.09. The van der Waals surface area contributed by atoms with Gasteiger partial charge in [-0.25, -0.2) is 9.97 Å². The summed E-state index contributed by atoms with van der Waals surface area (Å²) in [4.78, 5) is 9.21. The molecule has 4 rings (SSSR count). The number of hydrogen-bond donors (Lipinski definition) is 1. The normalized spacial score (nSPS) is 11.0. The molecular weight excluding hydrogens is 298 g/mol. The topological polar surface area (TPSA) is 69.6 Å². The summed E-state index contributed by atoms with van der Waals surface area (Å²) in [5.41, 5.74) is 9.90. The Morgan fingerprint density at radius 3 is 2.54 bits per heavy atom. The van der Waals surface area contributed by atoms with Gasteiger partial charge in [0.25, 0.3) is 0 Å². The molecule has 0 saturated carbocycles. The zero-order valence-corrected chi connectivity index (χ0v) is 13.3. The Morgan fingerprint density at radius 2 is 1.79 bits per heavy atom. The zero-order chi connectivity index (χ0) is 16.5. The van der Waals surface area contributed by atoms with E-state index in [1.165, 1.54) is 0 Å². The van der Waals surface area contributed by atoms with Gasteiger partial charge >= 0.3 is 0 Å². The van der Waals surface area contributed by atoms with E-state index in [0.29, 0.717) is 11.6 Å². The summed E-state index contributed by atoms with van der Waals surface area (Å²) in [7, 11) is 0. The number of nitrogen functional groups attached to an aromatic ring is 1. The Kier molecular flexibility index (Phi) is 3.46. The van der Waals surface area contributed by atoms with Gasteiger partial charge in [-0.2, -0.15) is 5.10 Å². The van der Waals surface area contributed by atoms with Crippen LogP contribution in [-0.4, -0.2) is 19.7 Å². The van der Waals surface area contributed by atoms with Gasteiger partial charge in [0.15, 0.2) is 5.82 Å². The van der Waals surface area contributed by atoms with Gasteiger partial charge in [0.1, 0.15) is 5.82 Å². The molecule has 0 aliphatic heterocycles. The Labute approximate surface area is 139 Å². The van der Waals surface area contributed by atoms with Crippen LogP contribution in [0.1, 0.15) is 6.92 Å². The van der Waals surface area contributed by atoms with Crippen molar-refractivity contribution in [1.82, 2.24) is 19.7 Å². The van der Waals surface area contributed by atoms with Gasteiger partial charge in [-0.1, -0.05) is 42.5 Å². The lowest BCUT2D eigenvalue weighted by atomic mass is 10.1. The van der Waals surface area contributed by atoms with E-state index in [4.69, 9.17) is 10.7 Å². The van der Waals surface area contributed by atoms with Crippen molar-refractivity contribution < 1.29 is 0 Å². The van der Waals surface area contributed by atoms with Crippen LogP contribution in [0.25, 0.3) is 33.5 Å². The monoisotopic (exact) mass is 315 g/mol. The van der Waals surface area contributed by atoms with E-state index in [-0.39, 0.29) is 0 Å². The number of nitrogens with zero attached hydrogens (tertiary/aromatic N) is 4. The Balaban J connectivity index is 1.92. The second-order valence-corrected chi connectivity index (χ2v) is 5.55. The van der Waals surface area contributed by atoms with Crippen molar-refractivity contribution in [1.29, 1.82) is 0 Å². The average molecular weight is 315 g/mol. The fourth-order valence-corrected chi connectivity index (χ4v) is 2.82. The summed E-state index contributed by atoms with van der Waals surface area (Å²) < 4.78 is 1.89. The van der Waals surface area contributed by atoms with Crippen LogP contribution in [0, 0.1) is 0 Å². The number of hydrogen-bond acceptors (Lipinski definition) is 4. The largest absolute Gasteiger partial charge is 0.383 e. The second-order valence-electron chi connectivity index (χ2n) is 5.55. The number of anilines is 1. The van der Waals surface area contributed by atoms with Gasteiger partial charge in [-0.15, -0.1) is 0 Å². The van der Waals surface area contributed by atoms with Crippen LogP contribution in [0.5, 0.6) is 0 Å². The predicted octanol–water partition coefficient (Wildman–Crippen LogP) is 3.76. The van der Waals surface area contributed by atoms with Crippen LogP contribution in [0.2, 0.25) is 0 Å². The third-order valence-corrected chi connectivity index (χ3v) is 4.02. The van der Waals surface area contributed by atoms with Gasteiger partial charge < -0.3 is 5.73 Å². The lowest BCUT2D eigenvalue weighted by molar-refractivity contribution is 0.662. The minimum absolute atomic E-state index is 0.473. The molecule has 0 amide bonds. The maximum atomic E-state index is 6.29. The van der Waals surface area contributed by atoms with Crippen molar-refractivity contribution in [3.8, 4) is 22.6 Å². The molecule has 5 nitrogen and oxygen atoms in total. The van der Waals surface area contributed by atoms with E-state index in [0.717, 1.165) is 34.3 Å². The van der Waals surface area contributed by atoms with Crippen LogP contribution in [-0.2, 0) is 6.54 Å². The van der Waals surface area contributed by atoms with Crippen molar-refractivity contribution in [2.24, 2.45) is 0 Å². The Bertz CT molecular complexity index is 1000. The number of fused-ring (bicyclic) bond motifs is 1. The molecule has 2 N–H and O–H groups in total. The molecule has 0 aliphatic rings. The molecule has 0 spiro atoms. The number of aromatic nitrogens is 4. The minimum atomic E-state index is 0.473. The maximum absolute atomic E-state index is 6.29. The van der Waals surface area contributed by atoms with E-state index in [9.17, 15) is 0 Å². The molecular formula is C19H17N5. The van der Waals surface area contributed by atoms with Gasteiger partial charge in [0, 0.05) is 23.9 Å². The molecule has 4 aromatic rings. The standard InChI is InChI=1S/C19H17N5/c1-2-24-12-11-15(23-24)14-9-6-10-16-17(14)18(20)22-19(21-16)13-7-4-3-5-8-13/h3-12H,2H2,1H3,(H2,20,21,22). The second kappa shape index (κ2) is 5.77. The first-order valence-corrected chi connectivity index (χ1v) is 7.91. The summed E-state index contributed by atoms with van der Waals surface area (Å²) in [6.45, 7) is 2.89. The lowest BCUT2D eigenvalue weighted by Crippen LogP contribution is -2.00. The van der Waals surface area contributed by atoms with Crippen molar-refractivity contribution >= 4 is 16.7 Å². The summed E-state index contributed by atoms with van der Waals surface area (Å²) in [6, 6.07) is 17.8.